The number of hydrogen-bond donors (Lipinski definition) is 3. The van der Waals surface area contributed by atoms with Crippen molar-refractivity contribution in [1.29, 1.82) is 0 Å². The zero-order valence-electron chi connectivity index (χ0n) is 13.7. The first-order valence-corrected chi connectivity index (χ1v) is 9.03. The Hall–Kier alpha value is -2.38. The maximum atomic E-state index is 12.5. The SMILES string of the molecule is Cc1ccc2c(c1)NC(C(=O)Nc1cccc(C)c1C)NS2(=O)=O. The molecule has 0 saturated heterocycles. The van der Waals surface area contributed by atoms with Gasteiger partial charge in [-0.2, -0.15) is 4.72 Å². The Balaban J connectivity index is 1.88. The summed E-state index contributed by atoms with van der Waals surface area (Å²) in [6.07, 6.45) is -1.07. The summed E-state index contributed by atoms with van der Waals surface area (Å²) in [5, 5.41) is 5.72. The Bertz CT molecular complexity index is 923. The van der Waals surface area contributed by atoms with Gasteiger partial charge in [0.2, 0.25) is 10.0 Å². The summed E-state index contributed by atoms with van der Waals surface area (Å²) in [7, 11) is -3.74. The van der Waals surface area contributed by atoms with Crippen molar-refractivity contribution < 1.29 is 13.2 Å². The predicted octanol–water partition coefficient (Wildman–Crippen LogP) is 2.28. The second kappa shape index (κ2) is 5.92. The first-order chi connectivity index (χ1) is 11.3. The molecule has 7 heteroatoms. The van der Waals surface area contributed by atoms with E-state index in [4.69, 9.17) is 0 Å². The van der Waals surface area contributed by atoms with E-state index in [1.54, 1.807) is 18.2 Å². The van der Waals surface area contributed by atoms with Crippen LogP contribution in [-0.4, -0.2) is 20.5 Å². The molecule has 1 aliphatic heterocycles. The highest BCUT2D eigenvalue weighted by Gasteiger charge is 2.33. The number of fused-ring (bicyclic) bond motifs is 1. The Morgan fingerprint density at radius 1 is 1.12 bits per heavy atom. The van der Waals surface area contributed by atoms with Crippen LogP contribution in [-0.2, 0) is 14.8 Å². The number of nitrogens with one attached hydrogen (secondary N) is 3. The van der Waals surface area contributed by atoms with Crippen molar-refractivity contribution in [1.82, 2.24) is 4.72 Å². The summed E-state index contributed by atoms with van der Waals surface area (Å²) in [5.41, 5.74) is 3.99. The highest BCUT2D eigenvalue weighted by molar-refractivity contribution is 7.89. The molecule has 1 unspecified atom stereocenters. The van der Waals surface area contributed by atoms with Gasteiger partial charge in [0.15, 0.2) is 6.17 Å². The van der Waals surface area contributed by atoms with E-state index in [0.717, 1.165) is 16.7 Å². The van der Waals surface area contributed by atoms with E-state index in [9.17, 15) is 13.2 Å². The van der Waals surface area contributed by atoms with Crippen LogP contribution in [0, 0.1) is 20.8 Å². The summed E-state index contributed by atoms with van der Waals surface area (Å²) < 4.78 is 27.1. The third kappa shape index (κ3) is 3.00. The smallest absolute Gasteiger partial charge is 0.262 e. The molecule has 0 saturated carbocycles. The molecule has 24 heavy (non-hydrogen) atoms. The second-order valence-electron chi connectivity index (χ2n) is 5.93. The van der Waals surface area contributed by atoms with Crippen molar-refractivity contribution in [3.63, 3.8) is 0 Å². The molecule has 2 aromatic rings. The minimum atomic E-state index is -3.74. The highest BCUT2D eigenvalue weighted by atomic mass is 32.2. The fraction of sp³-hybridized carbons (Fsp3) is 0.235. The van der Waals surface area contributed by atoms with Gasteiger partial charge in [-0.25, -0.2) is 8.42 Å². The first-order valence-electron chi connectivity index (χ1n) is 7.54. The zero-order valence-corrected chi connectivity index (χ0v) is 14.5. The standard InChI is InChI=1S/C17H19N3O3S/c1-10-7-8-15-14(9-10)18-16(20-24(15,22)23)17(21)19-13-6-4-5-11(2)12(13)3/h4-9,16,18,20H,1-3H3,(H,19,21). The number of rotatable bonds is 2. The van der Waals surface area contributed by atoms with Gasteiger partial charge in [-0.15, -0.1) is 0 Å². The van der Waals surface area contributed by atoms with E-state index in [1.807, 2.05) is 32.9 Å². The number of amides is 1. The number of anilines is 2. The maximum absolute atomic E-state index is 12.5. The van der Waals surface area contributed by atoms with E-state index in [1.165, 1.54) is 6.07 Å². The molecule has 1 heterocycles. The molecule has 0 aliphatic carbocycles. The van der Waals surface area contributed by atoms with E-state index in [-0.39, 0.29) is 4.90 Å². The van der Waals surface area contributed by atoms with Crippen LogP contribution in [0.1, 0.15) is 16.7 Å². The van der Waals surface area contributed by atoms with Gasteiger partial charge >= 0.3 is 0 Å². The van der Waals surface area contributed by atoms with Crippen LogP contribution in [0.5, 0.6) is 0 Å². The molecule has 0 aromatic heterocycles. The lowest BCUT2D eigenvalue weighted by molar-refractivity contribution is -0.117. The van der Waals surface area contributed by atoms with E-state index < -0.39 is 22.1 Å². The predicted molar refractivity (Wildman–Crippen MR) is 93.5 cm³/mol. The summed E-state index contributed by atoms with van der Waals surface area (Å²) >= 11 is 0. The Morgan fingerprint density at radius 2 is 1.88 bits per heavy atom. The van der Waals surface area contributed by atoms with Gasteiger partial charge < -0.3 is 10.6 Å². The fourth-order valence-corrected chi connectivity index (χ4v) is 3.86. The molecule has 0 spiro atoms. The van der Waals surface area contributed by atoms with Gasteiger partial charge in [0.05, 0.1) is 5.69 Å². The highest BCUT2D eigenvalue weighted by Crippen LogP contribution is 2.27. The van der Waals surface area contributed by atoms with Crippen LogP contribution in [0.25, 0.3) is 0 Å². The first kappa shape index (κ1) is 16.5. The largest absolute Gasteiger partial charge is 0.360 e. The normalized spacial score (nSPS) is 18.4. The molecule has 3 rings (SSSR count). The molecule has 0 radical (unpaired) electrons. The molecular weight excluding hydrogens is 326 g/mol. The van der Waals surface area contributed by atoms with Crippen LogP contribution < -0.4 is 15.4 Å². The van der Waals surface area contributed by atoms with Crippen LogP contribution in [0.15, 0.2) is 41.3 Å². The Labute approximate surface area is 141 Å². The van der Waals surface area contributed by atoms with Crippen LogP contribution >= 0.6 is 0 Å². The second-order valence-corrected chi connectivity index (χ2v) is 7.62. The van der Waals surface area contributed by atoms with Crippen molar-refractivity contribution in [2.75, 3.05) is 10.6 Å². The van der Waals surface area contributed by atoms with Crippen LogP contribution in [0.4, 0.5) is 11.4 Å². The molecule has 0 bridgehead atoms. The molecule has 126 valence electrons. The lowest BCUT2D eigenvalue weighted by atomic mass is 10.1. The number of carbonyl (C=O) groups excluding carboxylic acids is 1. The number of sulfonamides is 1. The molecular formula is C17H19N3O3S. The lowest BCUT2D eigenvalue weighted by Crippen LogP contribution is -2.51. The number of aryl methyl sites for hydroxylation is 2. The van der Waals surface area contributed by atoms with Gasteiger partial charge in [-0.1, -0.05) is 18.2 Å². The average Bonchev–Trinajstić information content (AvgIpc) is 2.50. The van der Waals surface area contributed by atoms with Crippen molar-refractivity contribution in [2.45, 2.75) is 31.8 Å². The fourth-order valence-electron chi connectivity index (χ4n) is 2.61. The number of hydrogen-bond acceptors (Lipinski definition) is 4. The van der Waals surface area contributed by atoms with Crippen molar-refractivity contribution >= 4 is 27.3 Å². The molecule has 1 aliphatic rings. The van der Waals surface area contributed by atoms with Gasteiger partial charge in [0.1, 0.15) is 4.90 Å². The van der Waals surface area contributed by atoms with E-state index in [2.05, 4.69) is 15.4 Å². The molecule has 2 aromatic carbocycles. The zero-order chi connectivity index (χ0) is 17.5. The third-order valence-corrected chi connectivity index (χ3v) is 5.60. The van der Waals surface area contributed by atoms with E-state index in [0.29, 0.717) is 11.4 Å². The molecule has 3 N–H and O–H groups in total. The lowest BCUT2D eigenvalue weighted by Gasteiger charge is -2.27. The Morgan fingerprint density at radius 3 is 2.62 bits per heavy atom. The van der Waals surface area contributed by atoms with Crippen LogP contribution in [0.2, 0.25) is 0 Å². The number of benzene rings is 2. The summed E-state index contributed by atoms with van der Waals surface area (Å²) in [6, 6.07) is 10.5. The van der Waals surface area contributed by atoms with Crippen molar-refractivity contribution in [3.05, 3.63) is 53.1 Å². The third-order valence-electron chi connectivity index (χ3n) is 4.12. The topological polar surface area (TPSA) is 87.3 Å². The average molecular weight is 345 g/mol. The molecule has 0 fully saturated rings. The Kier molecular flexibility index (Phi) is 4.06. The van der Waals surface area contributed by atoms with E-state index >= 15 is 0 Å². The maximum Gasteiger partial charge on any atom is 0.262 e. The van der Waals surface area contributed by atoms with Gasteiger partial charge in [0, 0.05) is 5.69 Å². The minimum absolute atomic E-state index is 0.142. The monoisotopic (exact) mass is 345 g/mol. The summed E-state index contributed by atoms with van der Waals surface area (Å²) in [4.78, 5) is 12.7. The number of carbonyl (C=O) groups is 1. The summed E-state index contributed by atoms with van der Waals surface area (Å²) in [6.45, 7) is 5.72. The summed E-state index contributed by atoms with van der Waals surface area (Å²) in [5.74, 6) is -0.459. The van der Waals surface area contributed by atoms with Gasteiger partial charge in [-0.3, -0.25) is 4.79 Å². The van der Waals surface area contributed by atoms with Gasteiger partial charge in [0.25, 0.3) is 5.91 Å². The molecule has 1 atom stereocenters. The van der Waals surface area contributed by atoms with Crippen molar-refractivity contribution in [2.24, 2.45) is 0 Å². The molecule has 1 amide bonds. The van der Waals surface area contributed by atoms with Gasteiger partial charge in [-0.05, 0) is 55.7 Å². The van der Waals surface area contributed by atoms with Crippen LogP contribution in [0.3, 0.4) is 0 Å². The molecule has 6 nitrogen and oxygen atoms in total. The minimum Gasteiger partial charge on any atom is -0.360 e. The van der Waals surface area contributed by atoms with Crippen molar-refractivity contribution in [3.8, 4) is 0 Å². The quantitative estimate of drug-likeness (QED) is 0.779.